The maximum atomic E-state index is 6.45. The van der Waals surface area contributed by atoms with Crippen molar-refractivity contribution < 1.29 is 4.42 Å². The van der Waals surface area contributed by atoms with E-state index in [1.54, 1.807) is 11.3 Å². The number of benzene rings is 9. The zero-order valence-corrected chi connectivity index (χ0v) is 31.9. The molecule has 0 fully saturated rings. The fraction of sp³-hybridized carbons (Fsp3) is 0. The standard InChI is InChI=1S/C53H31N3OS/c1-2-11-34(12-3-1)51-54-52(56-53(55-51)44-17-8-16-43-42-14-6-7-19-48(42)58-50(43)44)35-23-20-33(21-24-35)41-15-9-18-47-49(41)45-31-37(27-29-46(45)57-47)36-26-28-40-38(30-36)25-22-32-10-4-5-13-39(32)40/h1-31H. The molecule has 270 valence electrons. The average molecular weight is 758 g/mol. The number of fused-ring (bicyclic) bond motifs is 9. The first-order chi connectivity index (χ1) is 28.7. The van der Waals surface area contributed by atoms with Crippen molar-refractivity contribution in [1.82, 2.24) is 15.0 Å². The lowest BCUT2D eigenvalue weighted by molar-refractivity contribution is 0.669. The minimum atomic E-state index is 0.633. The number of hydrogen-bond acceptors (Lipinski definition) is 5. The molecule has 0 aliphatic rings. The van der Waals surface area contributed by atoms with Crippen molar-refractivity contribution in [2.24, 2.45) is 0 Å². The summed E-state index contributed by atoms with van der Waals surface area (Å²) in [4.78, 5) is 15.3. The van der Waals surface area contributed by atoms with Gasteiger partial charge in [0.25, 0.3) is 0 Å². The molecule has 58 heavy (non-hydrogen) atoms. The Morgan fingerprint density at radius 1 is 0.345 bits per heavy atom. The molecular weight excluding hydrogens is 727 g/mol. The Morgan fingerprint density at radius 2 is 0.966 bits per heavy atom. The number of aromatic nitrogens is 3. The fourth-order valence-electron chi connectivity index (χ4n) is 8.50. The fourth-order valence-corrected chi connectivity index (χ4v) is 9.72. The molecule has 0 spiro atoms. The minimum absolute atomic E-state index is 0.633. The van der Waals surface area contributed by atoms with Crippen LogP contribution in [0.15, 0.2) is 192 Å². The van der Waals surface area contributed by atoms with Crippen LogP contribution in [0.5, 0.6) is 0 Å². The van der Waals surface area contributed by atoms with Gasteiger partial charge in [-0.05, 0) is 80.2 Å². The number of nitrogens with zero attached hydrogens (tertiary/aromatic N) is 3. The van der Waals surface area contributed by atoms with Crippen molar-refractivity contribution in [3.8, 4) is 56.4 Å². The van der Waals surface area contributed by atoms with Gasteiger partial charge in [-0.3, -0.25) is 0 Å². The normalized spacial score (nSPS) is 11.8. The maximum Gasteiger partial charge on any atom is 0.165 e. The van der Waals surface area contributed by atoms with Crippen LogP contribution < -0.4 is 0 Å². The monoisotopic (exact) mass is 757 g/mol. The molecule has 0 unspecified atom stereocenters. The molecule has 0 aliphatic heterocycles. The quantitative estimate of drug-likeness (QED) is 0.164. The van der Waals surface area contributed by atoms with Gasteiger partial charge in [0.15, 0.2) is 17.5 Å². The molecule has 4 nitrogen and oxygen atoms in total. The zero-order valence-electron chi connectivity index (χ0n) is 31.1. The van der Waals surface area contributed by atoms with Gasteiger partial charge in [-0.2, -0.15) is 0 Å². The molecule has 0 N–H and O–H groups in total. The van der Waals surface area contributed by atoms with Crippen LogP contribution in [0.3, 0.4) is 0 Å². The van der Waals surface area contributed by atoms with E-state index in [1.807, 2.05) is 18.2 Å². The molecule has 5 heteroatoms. The Labute approximate surface area is 337 Å². The molecule has 0 amide bonds. The molecule has 12 aromatic rings. The lowest BCUT2D eigenvalue weighted by atomic mass is 9.95. The summed E-state index contributed by atoms with van der Waals surface area (Å²) in [6, 6.07) is 66.3. The minimum Gasteiger partial charge on any atom is -0.456 e. The van der Waals surface area contributed by atoms with Crippen LogP contribution >= 0.6 is 11.3 Å². The molecule has 0 bridgehead atoms. The van der Waals surface area contributed by atoms with E-state index in [4.69, 9.17) is 19.4 Å². The van der Waals surface area contributed by atoms with Gasteiger partial charge in [-0.15, -0.1) is 11.3 Å². The Hall–Kier alpha value is -7.47. The zero-order chi connectivity index (χ0) is 38.2. The van der Waals surface area contributed by atoms with Crippen molar-refractivity contribution in [2.75, 3.05) is 0 Å². The second-order valence-corrected chi connectivity index (χ2v) is 15.8. The molecule has 9 aromatic carbocycles. The summed E-state index contributed by atoms with van der Waals surface area (Å²) in [5.74, 6) is 1.94. The summed E-state index contributed by atoms with van der Waals surface area (Å²) in [6.07, 6.45) is 0. The number of hydrogen-bond donors (Lipinski definition) is 0. The maximum absolute atomic E-state index is 6.45. The lowest BCUT2D eigenvalue weighted by Gasteiger charge is -2.10. The van der Waals surface area contributed by atoms with E-state index in [2.05, 4.69) is 170 Å². The van der Waals surface area contributed by atoms with Gasteiger partial charge in [0, 0.05) is 47.6 Å². The van der Waals surface area contributed by atoms with Gasteiger partial charge >= 0.3 is 0 Å². The van der Waals surface area contributed by atoms with Gasteiger partial charge < -0.3 is 4.42 Å². The average Bonchev–Trinajstić information content (AvgIpc) is 3.87. The summed E-state index contributed by atoms with van der Waals surface area (Å²) in [7, 11) is 0. The van der Waals surface area contributed by atoms with E-state index >= 15 is 0 Å². The first kappa shape index (κ1) is 32.7. The molecular formula is C53H31N3OS. The first-order valence-electron chi connectivity index (χ1n) is 19.4. The Kier molecular flexibility index (Phi) is 7.37. The highest BCUT2D eigenvalue weighted by atomic mass is 32.1. The molecule has 0 saturated heterocycles. The van der Waals surface area contributed by atoms with Gasteiger partial charge in [-0.1, -0.05) is 152 Å². The predicted octanol–water partition coefficient (Wildman–Crippen LogP) is 14.8. The van der Waals surface area contributed by atoms with Crippen LogP contribution in [0.25, 0.3) is 120 Å². The predicted molar refractivity (Wildman–Crippen MR) is 242 cm³/mol. The van der Waals surface area contributed by atoms with Crippen LogP contribution in [-0.4, -0.2) is 15.0 Å². The summed E-state index contributed by atoms with van der Waals surface area (Å²) in [5.41, 5.74) is 9.14. The van der Waals surface area contributed by atoms with Gasteiger partial charge in [0.05, 0.1) is 0 Å². The van der Waals surface area contributed by atoms with Crippen LogP contribution in [0.2, 0.25) is 0 Å². The molecule has 0 aliphatic carbocycles. The molecule has 0 radical (unpaired) electrons. The SMILES string of the molecule is c1ccc(-c2nc(-c3ccc(-c4cccc5oc6ccc(-c7ccc8c(ccc9ccccc98)c7)cc6c45)cc3)nc(-c3cccc4c3sc3ccccc34)n2)cc1. The highest BCUT2D eigenvalue weighted by Gasteiger charge is 2.18. The Balaban J connectivity index is 0.956. The molecule has 12 rings (SSSR count). The molecule has 0 atom stereocenters. The second-order valence-electron chi connectivity index (χ2n) is 14.7. The summed E-state index contributed by atoms with van der Waals surface area (Å²) >= 11 is 1.78. The third-order valence-corrected chi connectivity index (χ3v) is 12.6. The summed E-state index contributed by atoms with van der Waals surface area (Å²) < 4.78 is 8.87. The van der Waals surface area contributed by atoms with E-state index < -0.39 is 0 Å². The number of furan rings is 1. The number of thiophene rings is 1. The third kappa shape index (κ3) is 5.32. The summed E-state index contributed by atoms with van der Waals surface area (Å²) in [5, 5.41) is 9.68. The molecule has 0 saturated carbocycles. The second kappa shape index (κ2) is 13.1. The van der Waals surface area contributed by atoms with Crippen molar-refractivity contribution in [2.45, 2.75) is 0 Å². The van der Waals surface area contributed by atoms with Crippen LogP contribution in [0, 0.1) is 0 Å². The van der Waals surface area contributed by atoms with Crippen LogP contribution in [0.4, 0.5) is 0 Å². The smallest absolute Gasteiger partial charge is 0.165 e. The van der Waals surface area contributed by atoms with Crippen molar-refractivity contribution in [3.63, 3.8) is 0 Å². The topological polar surface area (TPSA) is 51.8 Å². The van der Waals surface area contributed by atoms with Crippen LogP contribution in [-0.2, 0) is 0 Å². The van der Waals surface area contributed by atoms with E-state index in [1.165, 1.54) is 47.3 Å². The number of rotatable bonds is 5. The third-order valence-electron chi connectivity index (χ3n) is 11.3. The van der Waals surface area contributed by atoms with E-state index in [9.17, 15) is 0 Å². The Morgan fingerprint density at radius 3 is 1.84 bits per heavy atom. The van der Waals surface area contributed by atoms with Gasteiger partial charge in [0.1, 0.15) is 11.2 Å². The highest BCUT2D eigenvalue weighted by Crippen LogP contribution is 2.41. The van der Waals surface area contributed by atoms with Crippen molar-refractivity contribution in [1.29, 1.82) is 0 Å². The van der Waals surface area contributed by atoms with E-state index in [0.29, 0.717) is 17.5 Å². The molecule has 3 aromatic heterocycles. The lowest BCUT2D eigenvalue weighted by Crippen LogP contribution is -2.00. The highest BCUT2D eigenvalue weighted by molar-refractivity contribution is 7.26. The first-order valence-corrected chi connectivity index (χ1v) is 20.2. The van der Waals surface area contributed by atoms with Crippen molar-refractivity contribution in [3.05, 3.63) is 188 Å². The van der Waals surface area contributed by atoms with Gasteiger partial charge in [-0.25, -0.2) is 15.0 Å². The van der Waals surface area contributed by atoms with E-state index in [0.717, 1.165) is 55.3 Å². The summed E-state index contributed by atoms with van der Waals surface area (Å²) in [6.45, 7) is 0. The largest absolute Gasteiger partial charge is 0.456 e. The Bertz CT molecular complexity index is 3570. The van der Waals surface area contributed by atoms with Gasteiger partial charge in [0.2, 0.25) is 0 Å². The van der Waals surface area contributed by atoms with Crippen molar-refractivity contribution >= 4 is 75.0 Å². The van der Waals surface area contributed by atoms with Crippen LogP contribution in [0.1, 0.15) is 0 Å². The van der Waals surface area contributed by atoms with E-state index in [-0.39, 0.29) is 0 Å². The molecule has 3 heterocycles.